The van der Waals surface area contributed by atoms with Crippen LogP contribution in [0.25, 0.3) is 11.0 Å². The summed E-state index contributed by atoms with van der Waals surface area (Å²) in [7, 11) is 1.72. The van der Waals surface area contributed by atoms with Gasteiger partial charge in [-0.15, -0.1) is 0 Å². The molecule has 1 fully saturated rings. The van der Waals surface area contributed by atoms with E-state index in [1.165, 1.54) is 12.4 Å². The number of amidine groups is 1. The third-order valence-electron chi connectivity index (χ3n) is 6.96. The van der Waals surface area contributed by atoms with Crippen LogP contribution < -0.4 is 16.0 Å². The number of allylic oxidation sites excluding steroid dienone is 1. The molecule has 3 heterocycles. The van der Waals surface area contributed by atoms with E-state index in [2.05, 4.69) is 35.8 Å². The summed E-state index contributed by atoms with van der Waals surface area (Å²) < 4.78 is 5.19. The number of nitrogens with one attached hydrogen (secondary N) is 4. The van der Waals surface area contributed by atoms with Crippen LogP contribution in [0.4, 0.5) is 17.5 Å². The summed E-state index contributed by atoms with van der Waals surface area (Å²) in [6, 6.07) is 5.45. The Bertz CT molecular complexity index is 1430. The normalized spacial score (nSPS) is 15.1. The molecule has 1 aliphatic rings. The molecule has 1 aliphatic heterocycles. The van der Waals surface area contributed by atoms with E-state index in [-0.39, 0.29) is 17.6 Å². The molecule has 1 aromatic carbocycles. The number of likely N-dealkylation sites (tertiary alicyclic amines) is 1. The molecule has 0 spiro atoms. The fraction of sp³-hybridized carbons (Fsp3) is 0.448. The number of hydrogen-bond donors (Lipinski definition) is 5. The van der Waals surface area contributed by atoms with Crippen molar-refractivity contribution < 1.29 is 14.6 Å². The lowest BCUT2D eigenvalue weighted by Gasteiger charge is -2.32. The molecule has 0 radical (unpaired) electrons. The number of carbonyl (C=O) groups is 1. The topological polar surface area (TPSA) is 161 Å². The largest absolute Gasteiger partial charge is 0.512 e. The first-order valence-electron chi connectivity index (χ1n) is 13.7. The number of piperidine rings is 1. The molecular weight excluding hydrogens is 522 g/mol. The molecule has 2 aromatic heterocycles. The highest BCUT2D eigenvalue weighted by Gasteiger charge is 2.21. The van der Waals surface area contributed by atoms with E-state index < -0.39 is 11.3 Å². The lowest BCUT2D eigenvalue weighted by Crippen LogP contribution is -2.40. The second-order valence-electron chi connectivity index (χ2n) is 11.2. The molecule has 12 heteroatoms. The summed E-state index contributed by atoms with van der Waals surface area (Å²) >= 11 is 0. The maximum absolute atomic E-state index is 12.9. The molecule has 0 unspecified atom stereocenters. The molecule has 4 rings (SSSR count). The van der Waals surface area contributed by atoms with Crippen LogP contribution >= 0.6 is 0 Å². The molecule has 1 amide bonds. The standard InChI is InChI=1S/C29H39N9O3/c1-18-6-7-19(27(40)36-24(30)15-23(39)29(2,3)4)14-21(18)35-26-25-22(32-17-33-26)16-31-28(37-25)34-20-8-10-38(11-9-20)12-13-41-5/h6-7,14-17,20,39H,8-13H2,1-5H3,(H2,30,36,40)(H,31,34,37)(H,32,33,35)/b23-15-. The van der Waals surface area contributed by atoms with Crippen LogP contribution in [-0.4, -0.2) is 81.1 Å². The Morgan fingerprint density at radius 1 is 1.22 bits per heavy atom. The average Bonchev–Trinajstić information content (AvgIpc) is 2.93. The Morgan fingerprint density at radius 3 is 2.68 bits per heavy atom. The number of aliphatic hydroxyl groups excluding tert-OH is 1. The second kappa shape index (κ2) is 13.0. The quantitative estimate of drug-likeness (QED) is 0.145. The second-order valence-corrected chi connectivity index (χ2v) is 11.2. The molecule has 1 saturated heterocycles. The number of carbonyl (C=O) groups excluding carboxylic acids is 1. The number of rotatable bonds is 9. The van der Waals surface area contributed by atoms with E-state index in [1.54, 1.807) is 25.4 Å². The Labute approximate surface area is 240 Å². The number of fused-ring (bicyclic) bond motifs is 1. The number of ether oxygens (including phenoxy) is 1. The maximum Gasteiger partial charge on any atom is 0.256 e. The molecule has 0 atom stereocenters. The summed E-state index contributed by atoms with van der Waals surface area (Å²) in [5.41, 5.74) is 2.52. The van der Waals surface area contributed by atoms with Crippen LogP contribution in [0.3, 0.4) is 0 Å². The van der Waals surface area contributed by atoms with Crippen molar-refractivity contribution in [2.24, 2.45) is 5.41 Å². The van der Waals surface area contributed by atoms with Gasteiger partial charge < -0.3 is 30.7 Å². The zero-order valence-electron chi connectivity index (χ0n) is 24.3. The van der Waals surface area contributed by atoms with Crippen molar-refractivity contribution in [1.82, 2.24) is 30.2 Å². The molecule has 12 nitrogen and oxygen atoms in total. The van der Waals surface area contributed by atoms with Gasteiger partial charge in [0, 0.05) is 55.5 Å². The number of nitrogens with zero attached hydrogens (tertiary/aromatic N) is 5. The molecule has 0 aliphatic carbocycles. The number of aryl methyl sites for hydroxylation is 1. The molecule has 41 heavy (non-hydrogen) atoms. The van der Waals surface area contributed by atoms with Gasteiger partial charge in [-0.25, -0.2) is 19.9 Å². The van der Waals surface area contributed by atoms with E-state index in [0.717, 1.165) is 44.6 Å². The highest BCUT2D eigenvalue weighted by atomic mass is 16.5. The first kappa shape index (κ1) is 29.8. The number of amides is 1. The summed E-state index contributed by atoms with van der Waals surface area (Å²) in [5, 5.41) is 27.5. The van der Waals surface area contributed by atoms with E-state index in [4.69, 9.17) is 15.1 Å². The van der Waals surface area contributed by atoms with Gasteiger partial charge in [0.05, 0.1) is 12.8 Å². The van der Waals surface area contributed by atoms with Crippen LogP contribution in [0.2, 0.25) is 0 Å². The number of methoxy groups -OCH3 is 1. The van der Waals surface area contributed by atoms with Gasteiger partial charge in [-0.2, -0.15) is 0 Å². The van der Waals surface area contributed by atoms with Gasteiger partial charge in [0.15, 0.2) is 5.82 Å². The van der Waals surface area contributed by atoms with Crippen molar-refractivity contribution in [3.63, 3.8) is 0 Å². The molecular formula is C29H39N9O3. The summed E-state index contributed by atoms with van der Waals surface area (Å²) in [4.78, 5) is 33.2. The van der Waals surface area contributed by atoms with Crippen LogP contribution in [0.5, 0.6) is 0 Å². The monoisotopic (exact) mass is 561 g/mol. The number of aliphatic hydroxyl groups is 1. The van der Waals surface area contributed by atoms with Gasteiger partial charge in [-0.1, -0.05) is 26.8 Å². The van der Waals surface area contributed by atoms with Crippen molar-refractivity contribution in [2.75, 3.05) is 44.0 Å². The van der Waals surface area contributed by atoms with Crippen molar-refractivity contribution in [3.8, 4) is 0 Å². The maximum atomic E-state index is 12.9. The summed E-state index contributed by atoms with van der Waals surface area (Å²) in [5.74, 6) is 0.345. The number of aromatic nitrogens is 4. The van der Waals surface area contributed by atoms with Crippen LogP contribution in [0, 0.1) is 17.7 Å². The molecule has 5 N–H and O–H groups in total. The third kappa shape index (κ3) is 7.95. The Kier molecular flexibility index (Phi) is 9.46. The zero-order valence-corrected chi connectivity index (χ0v) is 24.3. The van der Waals surface area contributed by atoms with Crippen LogP contribution in [0.1, 0.15) is 49.5 Å². The van der Waals surface area contributed by atoms with Crippen molar-refractivity contribution in [2.45, 2.75) is 46.6 Å². The predicted octanol–water partition coefficient (Wildman–Crippen LogP) is 4.19. The average molecular weight is 562 g/mol. The Morgan fingerprint density at radius 2 is 1.98 bits per heavy atom. The van der Waals surface area contributed by atoms with E-state index in [9.17, 15) is 9.90 Å². The van der Waals surface area contributed by atoms with E-state index >= 15 is 0 Å². The van der Waals surface area contributed by atoms with Gasteiger partial charge in [0.1, 0.15) is 29.0 Å². The highest BCUT2D eigenvalue weighted by Crippen LogP contribution is 2.26. The minimum Gasteiger partial charge on any atom is -0.512 e. The zero-order chi connectivity index (χ0) is 29.6. The smallest absolute Gasteiger partial charge is 0.256 e. The molecule has 3 aromatic rings. The van der Waals surface area contributed by atoms with Gasteiger partial charge in [-0.05, 0) is 37.5 Å². The minimum absolute atomic E-state index is 0.00749. The van der Waals surface area contributed by atoms with Gasteiger partial charge in [0.2, 0.25) is 5.95 Å². The molecule has 0 saturated carbocycles. The fourth-order valence-corrected chi connectivity index (χ4v) is 4.33. The third-order valence-corrected chi connectivity index (χ3v) is 6.96. The summed E-state index contributed by atoms with van der Waals surface area (Å²) in [6.45, 7) is 11.0. The van der Waals surface area contributed by atoms with Crippen molar-refractivity contribution in [3.05, 3.63) is 53.7 Å². The first-order valence-corrected chi connectivity index (χ1v) is 13.7. The molecule has 0 bridgehead atoms. The lowest BCUT2D eigenvalue weighted by atomic mass is 9.93. The minimum atomic E-state index is -0.529. The lowest BCUT2D eigenvalue weighted by molar-refractivity contribution is 0.0977. The summed E-state index contributed by atoms with van der Waals surface area (Å²) in [6.07, 6.45) is 6.33. The van der Waals surface area contributed by atoms with Crippen LogP contribution in [0.15, 0.2) is 42.6 Å². The van der Waals surface area contributed by atoms with E-state index in [1.807, 2.05) is 33.8 Å². The van der Waals surface area contributed by atoms with E-state index in [0.29, 0.717) is 34.1 Å². The first-order chi connectivity index (χ1) is 19.5. The van der Waals surface area contributed by atoms with Crippen molar-refractivity contribution >= 4 is 40.2 Å². The number of benzene rings is 1. The highest BCUT2D eigenvalue weighted by molar-refractivity contribution is 6.09. The van der Waals surface area contributed by atoms with Crippen LogP contribution in [-0.2, 0) is 4.74 Å². The van der Waals surface area contributed by atoms with Gasteiger partial charge >= 0.3 is 0 Å². The number of hydrogen-bond acceptors (Lipinski definition) is 11. The van der Waals surface area contributed by atoms with Gasteiger partial charge in [0.25, 0.3) is 5.91 Å². The predicted molar refractivity (Wildman–Crippen MR) is 160 cm³/mol. The van der Waals surface area contributed by atoms with Crippen molar-refractivity contribution in [1.29, 1.82) is 5.41 Å². The SMILES string of the molecule is COCCN1CCC(Nc2ncc3ncnc(Nc4cc(C(=O)NC(=N)/C=C(\O)C(C)(C)C)ccc4C)c3n2)CC1. The fourth-order valence-electron chi connectivity index (χ4n) is 4.33. The Balaban J connectivity index is 1.48. The Hall–Kier alpha value is -4.16. The van der Waals surface area contributed by atoms with Gasteiger partial charge in [-0.3, -0.25) is 10.2 Å². The number of anilines is 3. The molecule has 218 valence electrons.